The Morgan fingerprint density at radius 3 is 2.27 bits per heavy atom. The first kappa shape index (κ1) is 22.4. The van der Waals surface area contributed by atoms with Crippen LogP contribution in [0.25, 0.3) is 0 Å². The van der Waals surface area contributed by atoms with Crippen molar-refractivity contribution < 1.29 is 27.9 Å². The first-order valence-corrected chi connectivity index (χ1v) is 10.2. The molecule has 0 bridgehead atoms. The molecule has 0 aliphatic carbocycles. The van der Waals surface area contributed by atoms with Crippen molar-refractivity contribution in [2.75, 3.05) is 11.4 Å². The number of carbonyl (C=O) groups excluding carboxylic acids is 1. The molecule has 0 unspecified atom stereocenters. The van der Waals surface area contributed by atoms with Crippen LogP contribution in [0, 0.1) is 6.92 Å². The number of nitrogens with one attached hydrogen (secondary N) is 1. The highest BCUT2D eigenvalue weighted by Gasteiger charge is 2.33. The van der Waals surface area contributed by atoms with Crippen LogP contribution in [-0.4, -0.2) is 33.3 Å². The normalized spacial score (nSPS) is 14.2. The summed E-state index contributed by atoms with van der Waals surface area (Å²) in [6.45, 7) is 4.45. The lowest BCUT2D eigenvalue weighted by atomic mass is 10.1. The minimum atomic E-state index is -4.42. The van der Waals surface area contributed by atoms with E-state index in [9.17, 15) is 22.8 Å². The number of aromatic carboxylic acids is 1. The summed E-state index contributed by atoms with van der Waals surface area (Å²) in [5.41, 5.74) is 1.53. The molecule has 0 saturated carbocycles. The smallest absolute Gasteiger partial charge is 0.416 e. The number of fused-ring (bicyclic) bond motifs is 1. The summed E-state index contributed by atoms with van der Waals surface area (Å²) in [5, 5.41) is 16.4. The number of amides is 1. The summed E-state index contributed by atoms with van der Waals surface area (Å²) in [6, 6.07) is 10.6. The van der Waals surface area contributed by atoms with Gasteiger partial charge in [-0.25, -0.2) is 9.48 Å². The number of alkyl halides is 3. The number of carboxylic acid groups (broad SMARTS) is 1. The molecule has 0 saturated heterocycles. The fraction of sp³-hybridized carbons (Fsp3) is 0.261. The van der Waals surface area contributed by atoms with Crippen LogP contribution in [0.5, 0.6) is 0 Å². The lowest BCUT2D eigenvalue weighted by Gasteiger charge is -2.21. The van der Waals surface area contributed by atoms with E-state index in [0.717, 1.165) is 17.7 Å². The fourth-order valence-electron chi connectivity index (χ4n) is 3.91. The number of aryl methyl sites for hydroxylation is 1. The van der Waals surface area contributed by atoms with Crippen LogP contribution in [0.1, 0.15) is 50.5 Å². The summed E-state index contributed by atoms with van der Waals surface area (Å²) in [5.74, 6) is -0.881. The second kappa shape index (κ2) is 8.27. The Morgan fingerprint density at radius 1 is 1.06 bits per heavy atom. The topological polar surface area (TPSA) is 87.5 Å². The van der Waals surface area contributed by atoms with Crippen LogP contribution in [0.2, 0.25) is 0 Å². The number of nitrogens with zero attached hydrogens (tertiary/aromatic N) is 3. The minimum Gasteiger partial charge on any atom is -0.478 e. The number of halogens is 3. The third-order valence-electron chi connectivity index (χ3n) is 5.63. The maximum atomic E-state index is 13.2. The molecule has 1 amide bonds. The molecule has 1 atom stereocenters. The third-order valence-corrected chi connectivity index (χ3v) is 5.63. The maximum absolute atomic E-state index is 13.2. The Labute approximate surface area is 187 Å². The van der Waals surface area contributed by atoms with E-state index in [2.05, 4.69) is 10.4 Å². The van der Waals surface area contributed by atoms with E-state index in [1.54, 1.807) is 35.6 Å². The van der Waals surface area contributed by atoms with Gasteiger partial charge in [0.05, 0.1) is 29.4 Å². The molecular formula is C23H21F3N4O3. The molecule has 2 heterocycles. The Hall–Kier alpha value is -3.82. The highest BCUT2D eigenvalue weighted by molar-refractivity contribution is 6.01. The highest BCUT2D eigenvalue weighted by atomic mass is 19.4. The first-order valence-electron chi connectivity index (χ1n) is 10.2. The number of benzene rings is 2. The van der Waals surface area contributed by atoms with Crippen LogP contribution in [0.3, 0.4) is 0 Å². The van der Waals surface area contributed by atoms with Crippen LogP contribution < -0.4 is 10.2 Å². The molecule has 172 valence electrons. The van der Waals surface area contributed by atoms with Gasteiger partial charge >= 0.3 is 12.1 Å². The minimum absolute atomic E-state index is 0.148. The van der Waals surface area contributed by atoms with E-state index in [0.29, 0.717) is 35.9 Å². The average molecular weight is 458 g/mol. The zero-order valence-electron chi connectivity index (χ0n) is 17.8. The number of aromatic nitrogens is 2. The quantitative estimate of drug-likeness (QED) is 0.586. The Morgan fingerprint density at radius 2 is 1.70 bits per heavy atom. The SMILES string of the molecule is Cc1nn2c(c1C(=O)N[C@@H](C)c1ccc(C(=O)O)cc1)N(c1ccc(C(F)(F)F)cc1)CC2. The molecule has 2 N–H and O–H groups in total. The molecule has 10 heteroatoms. The van der Waals surface area contributed by atoms with Gasteiger partial charge in [0.15, 0.2) is 0 Å². The van der Waals surface area contributed by atoms with Crippen LogP contribution in [-0.2, 0) is 12.7 Å². The summed E-state index contributed by atoms with van der Waals surface area (Å²) in [4.78, 5) is 26.0. The van der Waals surface area contributed by atoms with Crippen molar-refractivity contribution in [1.82, 2.24) is 15.1 Å². The van der Waals surface area contributed by atoms with Gasteiger partial charge in [0, 0.05) is 12.2 Å². The average Bonchev–Trinajstić information content (AvgIpc) is 3.30. The molecule has 1 aliphatic rings. The summed E-state index contributed by atoms with van der Waals surface area (Å²) in [6.07, 6.45) is -4.42. The van der Waals surface area contributed by atoms with E-state index < -0.39 is 23.8 Å². The summed E-state index contributed by atoms with van der Waals surface area (Å²) >= 11 is 0. The summed E-state index contributed by atoms with van der Waals surface area (Å²) in [7, 11) is 0. The van der Waals surface area contributed by atoms with Gasteiger partial charge in [-0.05, 0) is 55.8 Å². The first-order chi connectivity index (χ1) is 15.6. The van der Waals surface area contributed by atoms with Crippen molar-refractivity contribution in [1.29, 1.82) is 0 Å². The van der Waals surface area contributed by atoms with Crippen LogP contribution in [0.15, 0.2) is 48.5 Å². The molecule has 3 aromatic rings. The van der Waals surface area contributed by atoms with Gasteiger partial charge in [0.25, 0.3) is 5.91 Å². The van der Waals surface area contributed by atoms with Gasteiger partial charge in [-0.1, -0.05) is 12.1 Å². The fourth-order valence-corrected chi connectivity index (χ4v) is 3.91. The Kier molecular flexibility index (Phi) is 5.61. The predicted molar refractivity (Wildman–Crippen MR) is 115 cm³/mol. The number of hydrogen-bond acceptors (Lipinski definition) is 4. The van der Waals surface area contributed by atoms with E-state index in [1.165, 1.54) is 24.3 Å². The van der Waals surface area contributed by atoms with Crippen molar-refractivity contribution in [2.45, 2.75) is 32.6 Å². The van der Waals surface area contributed by atoms with Crippen molar-refractivity contribution in [2.24, 2.45) is 0 Å². The number of carbonyl (C=O) groups is 2. The van der Waals surface area contributed by atoms with Gasteiger partial charge in [-0.15, -0.1) is 0 Å². The molecule has 2 aromatic carbocycles. The Balaban J connectivity index is 1.58. The molecule has 4 rings (SSSR count). The second-order valence-corrected chi connectivity index (χ2v) is 7.83. The van der Waals surface area contributed by atoms with Crippen molar-refractivity contribution >= 4 is 23.4 Å². The molecule has 0 radical (unpaired) electrons. The molecule has 33 heavy (non-hydrogen) atoms. The zero-order chi connectivity index (χ0) is 23.9. The predicted octanol–water partition coefficient (Wildman–Crippen LogP) is 4.55. The lowest BCUT2D eigenvalue weighted by molar-refractivity contribution is -0.137. The zero-order valence-corrected chi connectivity index (χ0v) is 17.8. The van der Waals surface area contributed by atoms with E-state index in [4.69, 9.17) is 5.11 Å². The molecule has 1 aromatic heterocycles. The molecule has 7 nitrogen and oxygen atoms in total. The molecule has 1 aliphatic heterocycles. The molecule has 0 spiro atoms. The standard InChI is InChI=1S/C23H21F3N4O3/c1-13(15-3-5-16(6-4-15)22(32)33)27-20(31)19-14(2)28-30-12-11-29(21(19)30)18-9-7-17(8-10-18)23(24,25)26/h3-10,13H,11-12H2,1-2H3,(H,27,31)(H,32,33)/t13-/m0/s1. The van der Waals surface area contributed by atoms with Gasteiger partial charge in [-0.3, -0.25) is 4.79 Å². The van der Waals surface area contributed by atoms with Crippen LogP contribution in [0.4, 0.5) is 24.7 Å². The van der Waals surface area contributed by atoms with Crippen molar-refractivity contribution in [3.8, 4) is 0 Å². The van der Waals surface area contributed by atoms with Crippen molar-refractivity contribution in [3.63, 3.8) is 0 Å². The monoisotopic (exact) mass is 458 g/mol. The van der Waals surface area contributed by atoms with E-state index in [-0.39, 0.29) is 11.5 Å². The van der Waals surface area contributed by atoms with Crippen molar-refractivity contribution in [3.05, 3.63) is 76.5 Å². The highest BCUT2D eigenvalue weighted by Crippen LogP contribution is 2.37. The number of carboxylic acids is 1. The largest absolute Gasteiger partial charge is 0.478 e. The summed E-state index contributed by atoms with van der Waals surface area (Å²) < 4.78 is 40.4. The number of rotatable bonds is 5. The third kappa shape index (κ3) is 4.28. The number of hydrogen-bond donors (Lipinski definition) is 2. The van der Waals surface area contributed by atoms with E-state index in [1.807, 2.05) is 0 Å². The molecular weight excluding hydrogens is 437 g/mol. The lowest BCUT2D eigenvalue weighted by Crippen LogP contribution is -2.28. The Bertz CT molecular complexity index is 1200. The van der Waals surface area contributed by atoms with Gasteiger partial charge in [0.1, 0.15) is 11.4 Å². The van der Waals surface area contributed by atoms with Gasteiger partial charge in [0.2, 0.25) is 0 Å². The maximum Gasteiger partial charge on any atom is 0.416 e. The van der Waals surface area contributed by atoms with Crippen LogP contribution >= 0.6 is 0 Å². The number of anilines is 2. The van der Waals surface area contributed by atoms with Gasteiger partial charge in [-0.2, -0.15) is 18.3 Å². The van der Waals surface area contributed by atoms with Gasteiger partial charge < -0.3 is 15.3 Å². The second-order valence-electron chi connectivity index (χ2n) is 7.83. The molecule has 0 fully saturated rings. The van der Waals surface area contributed by atoms with E-state index >= 15 is 0 Å².